The standard InChI is InChI=1S/C21H23N3O3/c1-3-24(16-12-10-15(2)11-13-16)22-19(25)9-6-14-23-20(26)17-7-4-5-8-18(17)21(23)27/h4-5,7-8,10-13H,3,6,9,14H2,1-2H3,(H,22,25). The highest BCUT2D eigenvalue weighted by molar-refractivity contribution is 6.21. The number of nitrogens with zero attached hydrogens (tertiary/aromatic N) is 2. The first-order valence-corrected chi connectivity index (χ1v) is 9.10. The van der Waals surface area contributed by atoms with Crippen LogP contribution < -0.4 is 10.4 Å². The van der Waals surface area contributed by atoms with E-state index >= 15 is 0 Å². The van der Waals surface area contributed by atoms with Gasteiger partial charge in [-0.2, -0.15) is 0 Å². The first-order valence-electron chi connectivity index (χ1n) is 9.10. The highest BCUT2D eigenvalue weighted by atomic mass is 16.2. The van der Waals surface area contributed by atoms with Gasteiger partial charge >= 0.3 is 0 Å². The van der Waals surface area contributed by atoms with E-state index in [4.69, 9.17) is 0 Å². The van der Waals surface area contributed by atoms with Crippen LogP contribution in [0.4, 0.5) is 5.69 Å². The maximum absolute atomic E-state index is 12.3. The van der Waals surface area contributed by atoms with Gasteiger partial charge in [0.25, 0.3) is 11.8 Å². The topological polar surface area (TPSA) is 69.7 Å². The molecule has 2 aromatic rings. The van der Waals surface area contributed by atoms with E-state index in [0.717, 1.165) is 11.3 Å². The van der Waals surface area contributed by atoms with E-state index in [9.17, 15) is 14.4 Å². The zero-order valence-corrected chi connectivity index (χ0v) is 15.6. The number of hydrogen-bond donors (Lipinski definition) is 1. The van der Waals surface area contributed by atoms with Gasteiger partial charge in [-0.3, -0.25) is 29.7 Å². The van der Waals surface area contributed by atoms with Crippen molar-refractivity contribution in [2.75, 3.05) is 18.1 Å². The molecule has 6 heteroatoms. The Morgan fingerprint density at radius 3 is 2.15 bits per heavy atom. The van der Waals surface area contributed by atoms with Gasteiger partial charge in [-0.05, 0) is 44.5 Å². The number of rotatable bonds is 7. The Bertz CT molecular complexity index is 826. The van der Waals surface area contributed by atoms with Crippen LogP contribution in [0.15, 0.2) is 48.5 Å². The minimum Gasteiger partial charge on any atom is -0.286 e. The first-order chi connectivity index (χ1) is 13.0. The maximum atomic E-state index is 12.3. The fraction of sp³-hybridized carbons (Fsp3) is 0.286. The molecule has 0 aliphatic carbocycles. The van der Waals surface area contributed by atoms with Crippen molar-refractivity contribution < 1.29 is 14.4 Å². The van der Waals surface area contributed by atoms with Gasteiger partial charge in [0.1, 0.15) is 0 Å². The van der Waals surface area contributed by atoms with Gasteiger partial charge in [-0.1, -0.05) is 29.8 Å². The number of fused-ring (bicyclic) bond motifs is 1. The molecule has 0 aromatic heterocycles. The van der Waals surface area contributed by atoms with Crippen LogP contribution in [0.1, 0.15) is 46.0 Å². The Hall–Kier alpha value is -3.15. The Morgan fingerprint density at radius 1 is 1.00 bits per heavy atom. The van der Waals surface area contributed by atoms with E-state index < -0.39 is 0 Å². The van der Waals surface area contributed by atoms with Gasteiger partial charge in [0, 0.05) is 19.5 Å². The predicted octanol–water partition coefficient (Wildman–Crippen LogP) is 2.93. The number of imide groups is 1. The number of aryl methyl sites for hydroxylation is 1. The zero-order valence-electron chi connectivity index (χ0n) is 15.6. The van der Waals surface area contributed by atoms with Crippen LogP contribution in [-0.2, 0) is 4.79 Å². The van der Waals surface area contributed by atoms with Gasteiger partial charge in [0.15, 0.2) is 0 Å². The summed E-state index contributed by atoms with van der Waals surface area (Å²) in [6.07, 6.45) is 0.651. The molecule has 0 radical (unpaired) electrons. The highest BCUT2D eigenvalue weighted by Gasteiger charge is 2.34. The summed E-state index contributed by atoms with van der Waals surface area (Å²) in [5.74, 6) is -0.717. The molecule has 1 N–H and O–H groups in total. The third kappa shape index (κ3) is 4.00. The molecule has 6 nitrogen and oxygen atoms in total. The summed E-state index contributed by atoms with van der Waals surface area (Å²) >= 11 is 0. The van der Waals surface area contributed by atoms with Crippen molar-refractivity contribution >= 4 is 23.4 Å². The average Bonchev–Trinajstić information content (AvgIpc) is 2.92. The highest BCUT2D eigenvalue weighted by Crippen LogP contribution is 2.22. The molecule has 0 atom stereocenters. The first kappa shape index (κ1) is 18.6. The monoisotopic (exact) mass is 365 g/mol. The Labute approximate surface area is 158 Å². The molecule has 27 heavy (non-hydrogen) atoms. The number of benzene rings is 2. The molecule has 3 amide bonds. The third-order valence-corrected chi connectivity index (χ3v) is 4.59. The maximum Gasteiger partial charge on any atom is 0.261 e. The van der Waals surface area contributed by atoms with Crippen LogP contribution in [-0.4, -0.2) is 35.7 Å². The molecule has 0 saturated heterocycles. The Kier molecular flexibility index (Phi) is 5.54. The molecule has 1 heterocycles. The van der Waals surface area contributed by atoms with Crippen molar-refractivity contribution in [2.45, 2.75) is 26.7 Å². The number of anilines is 1. The number of carbonyl (C=O) groups is 3. The second kappa shape index (κ2) is 8.03. The Balaban J connectivity index is 1.52. The van der Waals surface area contributed by atoms with Gasteiger partial charge < -0.3 is 0 Å². The van der Waals surface area contributed by atoms with E-state index in [-0.39, 0.29) is 30.7 Å². The number of hydrazine groups is 1. The van der Waals surface area contributed by atoms with Crippen molar-refractivity contribution in [3.05, 3.63) is 65.2 Å². The average molecular weight is 365 g/mol. The number of carbonyl (C=O) groups excluding carboxylic acids is 3. The van der Waals surface area contributed by atoms with Crippen LogP contribution >= 0.6 is 0 Å². The smallest absolute Gasteiger partial charge is 0.261 e. The lowest BCUT2D eigenvalue weighted by Gasteiger charge is -2.24. The largest absolute Gasteiger partial charge is 0.286 e. The summed E-state index contributed by atoms with van der Waals surface area (Å²) in [4.78, 5) is 38.1. The van der Waals surface area contributed by atoms with Gasteiger partial charge in [0.2, 0.25) is 5.91 Å². The summed E-state index contributed by atoms with van der Waals surface area (Å²) in [5, 5.41) is 1.78. The predicted molar refractivity (Wildman–Crippen MR) is 103 cm³/mol. The molecule has 0 fully saturated rings. The number of amides is 3. The molecule has 0 spiro atoms. The van der Waals surface area contributed by atoms with Crippen molar-refractivity contribution in [2.24, 2.45) is 0 Å². The van der Waals surface area contributed by atoms with Crippen molar-refractivity contribution in [1.29, 1.82) is 0 Å². The molecule has 1 aliphatic heterocycles. The molecule has 3 rings (SSSR count). The second-order valence-corrected chi connectivity index (χ2v) is 6.53. The molecular formula is C21H23N3O3. The summed E-state index contributed by atoms with van der Waals surface area (Å²) < 4.78 is 0. The van der Waals surface area contributed by atoms with Gasteiger partial charge in [0.05, 0.1) is 16.8 Å². The summed E-state index contributed by atoms with van der Waals surface area (Å²) in [5.41, 5.74) is 5.81. The van der Waals surface area contributed by atoms with E-state index in [1.807, 2.05) is 38.1 Å². The molecular weight excluding hydrogens is 342 g/mol. The fourth-order valence-electron chi connectivity index (χ4n) is 3.10. The second-order valence-electron chi connectivity index (χ2n) is 6.53. The van der Waals surface area contributed by atoms with E-state index in [1.165, 1.54) is 4.90 Å². The van der Waals surface area contributed by atoms with Crippen LogP contribution in [0.25, 0.3) is 0 Å². The van der Waals surface area contributed by atoms with Gasteiger partial charge in [-0.25, -0.2) is 0 Å². The molecule has 0 saturated carbocycles. The van der Waals surface area contributed by atoms with Crippen molar-refractivity contribution in [1.82, 2.24) is 10.3 Å². The molecule has 0 unspecified atom stereocenters. The van der Waals surface area contributed by atoms with E-state index in [1.54, 1.807) is 29.3 Å². The van der Waals surface area contributed by atoms with Crippen molar-refractivity contribution in [3.63, 3.8) is 0 Å². The lowest BCUT2D eigenvalue weighted by atomic mass is 10.1. The summed E-state index contributed by atoms with van der Waals surface area (Å²) in [6, 6.07) is 14.7. The lowest BCUT2D eigenvalue weighted by molar-refractivity contribution is -0.121. The quantitative estimate of drug-likeness (QED) is 0.605. The van der Waals surface area contributed by atoms with Crippen LogP contribution in [0.3, 0.4) is 0 Å². The molecule has 1 aliphatic rings. The summed E-state index contributed by atoms with van der Waals surface area (Å²) in [7, 11) is 0. The van der Waals surface area contributed by atoms with Crippen molar-refractivity contribution in [3.8, 4) is 0 Å². The van der Waals surface area contributed by atoms with E-state index in [2.05, 4.69) is 5.43 Å². The van der Waals surface area contributed by atoms with E-state index in [0.29, 0.717) is 24.1 Å². The molecule has 140 valence electrons. The minimum atomic E-state index is -0.286. The molecule has 0 bridgehead atoms. The third-order valence-electron chi connectivity index (χ3n) is 4.59. The lowest BCUT2D eigenvalue weighted by Crippen LogP contribution is -2.42. The van der Waals surface area contributed by atoms with Crippen LogP contribution in [0, 0.1) is 6.92 Å². The number of nitrogens with one attached hydrogen (secondary N) is 1. The Morgan fingerprint density at radius 2 is 1.59 bits per heavy atom. The normalized spacial score (nSPS) is 12.9. The van der Waals surface area contributed by atoms with Crippen LogP contribution in [0.5, 0.6) is 0 Å². The summed E-state index contributed by atoms with van der Waals surface area (Å²) in [6.45, 7) is 4.83. The SMILES string of the molecule is CCN(NC(=O)CCCN1C(=O)c2ccccc2C1=O)c1ccc(C)cc1. The number of hydrogen-bond acceptors (Lipinski definition) is 4. The van der Waals surface area contributed by atoms with Crippen LogP contribution in [0.2, 0.25) is 0 Å². The zero-order chi connectivity index (χ0) is 19.4. The molecule has 2 aromatic carbocycles. The minimum absolute atomic E-state index is 0.144. The fourth-order valence-corrected chi connectivity index (χ4v) is 3.10. The van der Waals surface area contributed by atoms with Gasteiger partial charge in [-0.15, -0.1) is 0 Å².